The summed E-state index contributed by atoms with van der Waals surface area (Å²) in [6, 6.07) is 19.8. The molecule has 2 aromatic carbocycles. The number of hydrogen-bond acceptors (Lipinski definition) is 6. The van der Waals surface area contributed by atoms with E-state index >= 15 is 0 Å². The quantitative estimate of drug-likeness (QED) is 0.260. The molecule has 8 nitrogen and oxygen atoms in total. The number of carbonyl (C=O) groups excluding carboxylic acids is 2. The van der Waals surface area contributed by atoms with Crippen LogP contribution in [0, 0.1) is 5.41 Å². The lowest BCUT2D eigenvalue weighted by molar-refractivity contribution is -0.141. The average Bonchev–Trinajstić information content (AvgIpc) is 3.71. The molecule has 0 bridgehead atoms. The number of hydrogen-bond donors (Lipinski definition) is 3. The molecule has 5 atom stereocenters. The van der Waals surface area contributed by atoms with Crippen molar-refractivity contribution in [1.29, 1.82) is 0 Å². The maximum absolute atomic E-state index is 13.9. The number of furan rings is 1. The second-order valence-electron chi connectivity index (χ2n) is 11.5. The maximum atomic E-state index is 13.9. The van der Waals surface area contributed by atoms with Crippen molar-refractivity contribution in [2.24, 2.45) is 11.1 Å². The van der Waals surface area contributed by atoms with Gasteiger partial charge in [0.1, 0.15) is 11.8 Å². The van der Waals surface area contributed by atoms with E-state index in [1.54, 1.807) is 25.0 Å². The lowest BCUT2D eigenvalue weighted by Gasteiger charge is -2.32. The Labute approximate surface area is 248 Å². The third-order valence-corrected chi connectivity index (χ3v) is 7.81. The Kier molecular flexibility index (Phi) is 10.7. The molecule has 1 saturated heterocycles. The molecule has 1 aliphatic rings. The normalized spacial score (nSPS) is 18.9. The van der Waals surface area contributed by atoms with Crippen molar-refractivity contribution < 1.29 is 23.8 Å². The van der Waals surface area contributed by atoms with Crippen LogP contribution in [0.2, 0.25) is 0 Å². The molecule has 8 heteroatoms. The molecule has 0 radical (unpaired) electrons. The third kappa shape index (κ3) is 8.18. The highest BCUT2D eigenvalue weighted by Gasteiger charge is 2.37. The van der Waals surface area contributed by atoms with Crippen molar-refractivity contribution >= 4 is 11.8 Å². The van der Waals surface area contributed by atoms with Gasteiger partial charge in [0.2, 0.25) is 11.8 Å². The largest absolute Gasteiger partial charge is 0.464 e. The van der Waals surface area contributed by atoms with Crippen molar-refractivity contribution in [3.05, 3.63) is 96.3 Å². The Morgan fingerprint density at radius 3 is 2.60 bits per heavy atom. The van der Waals surface area contributed by atoms with E-state index in [2.05, 4.69) is 11.4 Å². The molecule has 0 aliphatic carbocycles. The van der Waals surface area contributed by atoms with E-state index in [1.807, 2.05) is 79.7 Å². The number of nitrogens with zero attached hydrogens (tertiary/aromatic N) is 1. The van der Waals surface area contributed by atoms with Crippen LogP contribution in [0.3, 0.4) is 0 Å². The number of aliphatic hydroxyl groups excluding tert-OH is 1. The molecule has 3 aromatic rings. The Balaban J connectivity index is 1.47. The summed E-state index contributed by atoms with van der Waals surface area (Å²) in [6.07, 6.45) is 7.38. The topological polar surface area (TPSA) is 118 Å². The number of nitrogens with two attached hydrogens (primary N) is 1. The molecule has 1 fully saturated rings. The van der Waals surface area contributed by atoms with E-state index in [-0.39, 0.29) is 18.6 Å². The van der Waals surface area contributed by atoms with Crippen LogP contribution in [0.25, 0.3) is 11.3 Å². The molecule has 1 aromatic heterocycles. The minimum atomic E-state index is -0.880. The summed E-state index contributed by atoms with van der Waals surface area (Å²) in [6.45, 7) is 6.24. The molecule has 224 valence electrons. The number of nitrogens with one attached hydrogen (secondary N) is 1. The van der Waals surface area contributed by atoms with Gasteiger partial charge in [-0.1, -0.05) is 67.6 Å². The van der Waals surface area contributed by atoms with E-state index in [0.29, 0.717) is 19.6 Å². The summed E-state index contributed by atoms with van der Waals surface area (Å²) in [5.74, 6) is 0.193. The van der Waals surface area contributed by atoms with Crippen molar-refractivity contribution in [3.63, 3.8) is 0 Å². The zero-order valence-electron chi connectivity index (χ0n) is 24.7. The highest BCUT2D eigenvalue weighted by molar-refractivity contribution is 5.90. The fraction of sp³-hybridized carbons (Fsp3) is 0.412. The standard InChI is InChI=1S/C34H43N3O5/c1-24(35)32(39)36-31(25(2)42-22-26-10-5-4-6-11-26)33(40)37-18-8-14-29(37)16-17-34(3,23-38)21-27-12-7-13-28(20-27)30-15-9-19-41-30/h4-7,9-13,15-17,19-20,24-25,29,31,38H,8,14,18,21-23,35H2,1-3H3,(H,36,39)/b17-16+/t24?,25?,29-,31?,34-/m0/s1. The van der Waals surface area contributed by atoms with E-state index in [9.17, 15) is 14.7 Å². The van der Waals surface area contributed by atoms with Gasteiger partial charge in [-0.25, -0.2) is 0 Å². The monoisotopic (exact) mass is 573 g/mol. The molecule has 2 heterocycles. The highest BCUT2D eigenvalue weighted by Crippen LogP contribution is 2.29. The Morgan fingerprint density at radius 2 is 1.90 bits per heavy atom. The summed E-state index contributed by atoms with van der Waals surface area (Å²) in [5.41, 5.74) is 8.33. The van der Waals surface area contributed by atoms with Gasteiger partial charge in [0, 0.05) is 17.5 Å². The van der Waals surface area contributed by atoms with Crippen molar-refractivity contribution in [1.82, 2.24) is 10.2 Å². The number of rotatable bonds is 13. The Bertz CT molecular complexity index is 1320. The van der Waals surface area contributed by atoms with Gasteiger partial charge in [-0.3, -0.25) is 9.59 Å². The van der Waals surface area contributed by atoms with Gasteiger partial charge in [0.15, 0.2) is 0 Å². The minimum Gasteiger partial charge on any atom is -0.464 e. The van der Waals surface area contributed by atoms with Gasteiger partial charge in [0.05, 0.1) is 37.7 Å². The molecule has 0 saturated carbocycles. The van der Waals surface area contributed by atoms with E-state index in [0.717, 1.165) is 35.3 Å². The van der Waals surface area contributed by atoms with Crippen LogP contribution < -0.4 is 11.1 Å². The molecule has 0 spiro atoms. The zero-order chi connectivity index (χ0) is 30.1. The van der Waals surface area contributed by atoms with Crippen LogP contribution in [0.1, 0.15) is 44.7 Å². The van der Waals surface area contributed by atoms with Crippen LogP contribution in [-0.2, 0) is 27.4 Å². The molecule has 4 rings (SSSR count). The first kappa shape index (κ1) is 31.2. The lowest BCUT2D eigenvalue weighted by Crippen LogP contribution is -2.57. The lowest BCUT2D eigenvalue weighted by atomic mass is 9.83. The zero-order valence-corrected chi connectivity index (χ0v) is 24.7. The minimum absolute atomic E-state index is 0.0490. The average molecular weight is 574 g/mol. The van der Waals surface area contributed by atoms with E-state index < -0.39 is 29.5 Å². The fourth-order valence-electron chi connectivity index (χ4n) is 5.26. The Hall–Kier alpha value is -3.72. The van der Waals surface area contributed by atoms with Gasteiger partial charge in [-0.15, -0.1) is 0 Å². The second-order valence-corrected chi connectivity index (χ2v) is 11.5. The molecular formula is C34H43N3O5. The molecular weight excluding hydrogens is 530 g/mol. The van der Waals surface area contributed by atoms with Crippen LogP contribution >= 0.6 is 0 Å². The van der Waals surface area contributed by atoms with Gasteiger partial charge >= 0.3 is 0 Å². The van der Waals surface area contributed by atoms with Crippen LogP contribution in [0.4, 0.5) is 0 Å². The van der Waals surface area contributed by atoms with E-state index in [4.69, 9.17) is 14.9 Å². The maximum Gasteiger partial charge on any atom is 0.248 e. The van der Waals surface area contributed by atoms with Crippen molar-refractivity contribution in [3.8, 4) is 11.3 Å². The summed E-state index contributed by atoms with van der Waals surface area (Å²) in [5, 5.41) is 13.2. The van der Waals surface area contributed by atoms with Gasteiger partial charge in [-0.2, -0.15) is 0 Å². The molecule has 4 N–H and O–H groups in total. The summed E-state index contributed by atoms with van der Waals surface area (Å²) in [4.78, 5) is 28.3. The summed E-state index contributed by atoms with van der Waals surface area (Å²) < 4.78 is 11.6. The van der Waals surface area contributed by atoms with Crippen molar-refractivity contribution in [2.45, 2.75) is 70.9 Å². The molecule has 1 aliphatic heterocycles. The molecule has 3 unspecified atom stereocenters. The fourth-order valence-corrected chi connectivity index (χ4v) is 5.26. The Morgan fingerprint density at radius 1 is 1.14 bits per heavy atom. The second kappa shape index (κ2) is 14.4. The van der Waals surface area contributed by atoms with Crippen molar-refractivity contribution in [2.75, 3.05) is 13.2 Å². The van der Waals surface area contributed by atoms with Crippen LogP contribution in [0.5, 0.6) is 0 Å². The van der Waals surface area contributed by atoms with Gasteiger partial charge in [0.25, 0.3) is 0 Å². The first-order valence-electron chi connectivity index (χ1n) is 14.6. The number of carbonyl (C=O) groups is 2. The number of benzene rings is 2. The smallest absolute Gasteiger partial charge is 0.248 e. The van der Waals surface area contributed by atoms with Crippen LogP contribution in [0.15, 0.2) is 89.6 Å². The van der Waals surface area contributed by atoms with E-state index in [1.165, 1.54) is 0 Å². The number of likely N-dealkylation sites (tertiary alicyclic amines) is 1. The SMILES string of the molecule is CC(N)C(=O)NC(C(=O)N1CCC[C@H]1/C=C/[C@](C)(CO)Cc1cccc(-c2ccco2)c1)C(C)OCc1ccccc1. The summed E-state index contributed by atoms with van der Waals surface area (Å²) in [7, 11) is 0. The predicted octanol–water partition coefficient (Wildman–Crippen LogP) is 4.47. The van der Waals surface area contributed by atoms with Gasteiger partial charge < -0.3 is 30.2 Å². The molecule has 2 amide bonds. The summed E-state index contributed by atoms with van der Waals surface area (Å²) >= 11 is 0. The molecule has 42 heavy (non-hydrogen) atoms. The number of ether oxygens (including phenoxy) is 1. The first-order valence-corrected chi connectivity index (χ1v) is 14.6. The number of aliphatic hydroxyl groups is 1. The third-order valence-electron chi connectivity index (χ3n) is 7.81. The first-order chi connectivity index (χ1) is 20.2. The predicted molar refractivity (Wildman–Crippen MR) is 163 cm³/mol. The van der Waals surface area contributed by atoms with Crippen LogP contribution in [-0.4, -0.2) is 59.2 Å². The highest BCUT2D eigenvalue weighted by atomic mass is 16.5. The van der Waals surface area contributed by atoms with Gasteiger partial charge in [-0.05, 0) is 62.4 Å². The number of amides is 2.